The van der Waals surface area contributed by atoms with Crippen LogP contribution < -0.4 is 4.90 Å². The Labute approximate surface area is 175 Å². The first-order valence-corrected chi connectivity index (χ1v) is 9.91. The second-order valence-electron chi connectivity index (χ2n) is 8.62. The van der Waals surface area contributed by atoms with Crippen molar-refractivity contribution in [3.63, 3.8) is 0 Å². The SMILES string of the molecule is Cc1ccc(N2C(=O)C3(CCN(C(=O)OC(C)(C)C)CC3)N=C2/C=C/C(=O)O)cc1. The molecule has 0 atom stereocenters. The summed E-state index contributed by atoms with van der Waals surface area (Å²) in [6, 6.07) is 7.40. The van der Waals surface area contributed by atoms with Gasteiger partial charge in [-0.2, -0.15) is 0 Å². The Hall–Kier alpha value is -3.16. The Kier molecular flexibility index (Phi) is 5.70. The number of hydrogen-bond acceptors (Lipinski definition) is 5. The zero-order valence-electron chi connectivity index (χ0n) is 17.7. The number of aliphatic imine (C=N–C) groups is 1. The molecule has 0 aliphatic carbocycles. The Morgan fingerprint density at radius 2 is 1.77 bits per heavy atom. The summed E-state index contributed by atoms with van der Waals surface area (Å²) in [4.78, 5) is 44.5. The average Bonchev–Trinajstić information content (AvgIpc) is 2.92. The molecular formula is C22H27N3O5. The number of anilines is 1. The van der Waals surface area contributed by atoms with Crippen LogP contribution in [0.5, 0.6) is 0 Å². The minimum absolute atomic E-state index is 0.208. The van der Waals surface area contributed by atoms with Crippen molar-refractivity contribution >= 4 is 29.5 Å². The van der Waals surface area contributed by atoms with Crippen LogP contribution in [0, 0.1) is 6.92 Å². The summed E-state index contributed by atoms with van der Waals surface area (Å²) in [5.74, 6) is -1.04. The van der Waals surface area contributed by atoms with Gasteiger partial charge in [-0.05, 0) is 58.7 Å². The number of hydrogen-bond donors (Lipinski definition) is 1. The Balaban J connectivity index is 1.85. The zero-order chi connectivity index (χ0) is 22.1. The molecule has 1 aromatic rings. The van der Waals surface area contributed by atoms with E-state index in [9.17, 15) is 14.4 Å². The highest BCUT2D eigenvalue weighted by molar-refractivity contribution is 6.28. The van der Waals surface area contributed by atoms with Gasteiger partial charge < -0.3 is 14.7 Å². The minimum Gasteiger partial charge on any atom is -0.478 e. The number of nitrogens with zero attached hydrogens (tertiary/aromatic N) is 3. The maximum absolute atomic E-state index is 13.4. The number of benzene rings is 1. The van der Waals surface area contributed by atoms with E-state index in [1.54, 1.807) is 4.90 Å². The fourth-order valence-corrected chi connectivity index (χ4v) is 3.54. The lowest BCUT2D eigenvalue weighted by molar-refractivity contribution is -0.131. The summed E-state index contributed by atoms with van der Waals surface area (Å²) in [7, 11) is 0. The third-order valence-electron chi connectivity index (χ3n) is 5.07. The highest BCUT2D eigenvalue weighted by Gasteiger charge is 2.50. The Morgan fingerprint density at radius 1 is 1.17 bits per heavy atom. The number of aryl methyl sites for hydroxylation is 1. The molecule has 0 saturated carbocycles. The van der Waals surface area contributed by atoms with Crippen molar-refractivity contribution in [2.24, 2.45) is 4.99 Å². The summed E-state index contributed by atoms with van der Waals surface area (Å²) < 4.78 is 5.42. The molecule has 2 amide bonds. The van der Waals surface area contributed by atoms with Crippen LogP contribution in [0.2, 0.25) is 0 Å². The second-order valence-corrected chi connectivity index (χ2v) is 8.62. The molecule has 0 bridgehead atoms. The zero-order valence-corrected chi connectivity index (χ0v) is 17.7. The van der Waals surface area contributed by atoms with Gasteiger partial charge in [0.25, 0.3) is 5.91 Å². The molecule has 1 aromatic carbocycles. The molecular weight excluding hydrogens is 386 g/mol. The number of carboxylic acids is 1. The van der Waals surface area contributed by atoms with E-state index in [2.05, 4.69) is 4.99 Å². The van der Waals surface area contributed by atoms with Crippen LogP contribution in [0.3, 0.4) is 0 Å². The molecule has 0 aromatic heterocycles. The number of carbonyl (C=O) groups excluding carboxylic acids is 2. The van der Waals surface area contributed by atoms with E-state index in [1.807, 2.05) is 52.0 Å². The van der Waals surface area contributed by atoms with E-state index in [1.165, 1.54) is 11.0 Å². The minimum atomic E-state index is -1.12. The van der Waals surface area contributed by atoms with Gasteiger partial charge in [0.1, 0.15) is 17.0 Å². The molecule has 1 N–H and O–H groups in total. The van der Waals surface area contributed by atoms with Crippen molar-refractivity contribution < 1.29 is 24.2 Å². The van der Waals surface area contributed by atoms with Crippen LogP contribution in [0.1, 0.15) is 39.2 Å². The number of carboxylic acid groups (broad SMARTS) is 1. The average molecular weight is 413 g/mol. The standard InChI is InChI=1S/C22H27N3O5/c1-15-5-7-16(8-6-15)25-17(9-10-18(26)27)23-22(19(25)28)11-13-24(14-12-22)20(29)30-21(2,3)4/h5-10H,11-14H2,1-4H3,(H,26,27)/b10-9+. The fourth-order valence-electron chi connectivity index (χ4n) is 3.54. The molecule has 8 nitrogen and oxygen atoms in total. The lowest BCUT2D eigenvalue weighted by Crippen LogP contribution is -2.52. The van der Waals surface area contributed by atoms with Crippen molar-refractivity contribution in [1.29, 1.82) is 0 Å². The van der Waals surface area contributed by atoms with Crippen LogP contribution in [0.25, 0.3) is 0 Å². The fraction of sp³-hybridized carbons (Fsp3) is 0.455. The molecule has 2 aliphatic heterocycles. The second kappa shape index (κ2) is 7.93. The van der Waals surface area contributed by atoms with Crippen molar-refractivity contribution in [2.45, 2.75) is 51.7 Å². The molecule has 1 saturated heterocycles. The predicted octanol–water partition coefficient (Wildman–Crippen LogP) is 3.15. The van der Waals surface area contributed by atoms with Gasteiger partial charge in [0, 0.05) is 19.2 Å². The van der Waals surface area contributed by atoms with Gasteiger partial charge in [0.15, 0.2) is 0 Å². The molecule has 1 fully saturated rings. The van der Waals surface area contributed by atoms with Crippen molar-refractivity contribution in [3.8, 4) is 0 Å². The lowest BCUT2D eigenvalue weighted by atomic mass is 9.87. The van der Waals surface area contributed by atoms with Gasteiger partial charge in [-0.3, -0.25) is 14.7 Å². The van der Waals surface area contributed by atoms with Gasteiger partial charge in [0.05, 0.1) is 5.69 Å². The summed E-state index contributed by atoms with van der Waals surface area (Å²) in [5.41, 5.74) is 0.0720. The summed E-state index contributed by atoms with van der Waals surface area (Å²) >= 11 is 0. The molecule has 2 heterocycles. The number of amides is 2. The summed E-state index contributed by atoms with van der Waals surface area (Å²) in [6.45, 7) is 8.04. The molecule has 8 heteroatoms. The number of likely N-dealkylation sites (tertiary alicyclic amines) is 1. The first-order chi connectivity index (χ1) is 14.0. The lowest BCUT2D eigenvalue weighted by Gasteiger charge is -2.36. The van der Waals surface area contributed by atoms with Crippen LogP contribution in [0.15, 0.2) is 41.4 Å². The van der Waals surface area contributed by atoms with E-state index < -0.39 is 23.2 Å². The Morgan fingerprint density at radius 3 is 2.30 bits per heavy atom. The van der Waals surface area contributed by atoms with E-state index in [0.29, 0.717) is 31.6 Å². The van der Waals surface area contributed by atoms with Gasteiger partial charge in [0.2, 0.25) is 0 Å². The number of amidine groups is 1. The number of aliphatic carboxylic acids is 1. The number of carbonyl (C=O) groups is 3. The highest BCUT2D eigenvalue weighted by atomic mass is 16.6. The molecule has 1 spiro atoms. The van der Waals surface area contributed by atoms with Gasteiger partial charge in [-0.15, -0.1) is 0 Å². The van der Waals surface area contributed by atoms with Gasteiger partial charge in [-0.25, -0.2) is 9.59 Å². The molecule has 0 radical (unpaired) electrons. The van der Waals surface area contributed by atoms with E-state index in [4.69, 9.17) is 9.84 Å². The third-order valence-corrected chi connectivity index (χ3v) is 5.07. The predicted molar refractivity (Wildman–Crippen MR) is 113 cm³/mol. The van der Waals surface area contributed by atoms with Crippen molar-refractivity contribution in [3.05, 3.63) is 42.0 Å². The highest BCUT2D eigenvalue weighted by Crippen LogP contribution is 2.36. The van der Waals surface area contributed by atoms with E-state index in [0.717, 1.165) is 11.6 Å². The van der Waals surface area contributed by atoms with Gasteiger partial charge >= 0.3 is 12.1 Å². The summed E-state index contributed by atoms with van der Waals surface area (Å²) in [5, 5.41) is 9.02. The molecule has 30 heavy (non-hydrogen) atoms. The van der Waals surface area contributed by atoms with Crippen molar-refractivity contribution in [2.75, 3.05) is 18.0 Å². The van der Waals surface area contributed by atoms with E-state index in [-0.39, 0.29) is 11.7 Å². The molecule has 2 aliphatic rings. The quantitative estimate of drug-likeness (QED) is 0.768. The maximum atomic E-state index is 13.4. The van der Waals surface area contributed by atoms with Crippen LogP contribution in [0.4, 0.5) is 10.5 Å². The molecule has 3 rings (SSSR count). The number of piperidine rings is 1. The van der Waals surface area contributed by atoms with Gasteiger partial charge in [-0.1, -0.05) is 17.7 Å². The van der Waals surface area contributed by atoms with Crippen molar-refractivity contribution in [1.82, 2.24) is 4.90 Å². The maximum Gasteiger partial charge on any atom is 0.410 e. The number of rotatable bonds is 3. The van der Waals surface area contributed by atoms with Crippen LogP contribution in [-0.4, -0.2) is 58.0 Å². The molecule has 0 unspecified atom stereocenters. The monoisotopic (exact) mass is 413 g/mol. The smallest absolute Gasteiger partial charge is 0.410 e. The topological polar surface area (TPSA) is 99.5 Å². The van der Waals surface area contributed by atoms with Crippen LogP contribution in [-0.2, 0) is 14.3 Å². The van der Waals surface area contributed by atoms with E-state index >= 15 is 0 Å². The first-order valence-electron chi connectivity index (χ1n) is 9.91. The van der Waals surface area contributed by atoms with Crippen LogP contribution >= 0.6 is 0 Å². The molecule has 160 valence electrons. The Bertz CT molecular complexity index is 904. The largest absolute Gasteiger partial charge is 0.478 e. The third kappa shape index (κ3) is 4.53. The first kappa shape index (κ1) is 21.5. The number of ether oxygens (including phenoxy) is 1. The summed E-state index contributed by atoms with van der Waals surface area (Å²) in [6.07, 6.45) is 2.60. The normalized spacial score (nSPS) is 18.8.